The van der Waals surface area contributed by atoms with Crippen LogP contribution in [0.5, 0.6) is 0 Å². The van der Waals surface area contributed by atoms with E-state index in [0.717, 1.165) is 18.9 Å². The number of hydrogen-bond donors (Lipinski definition) is 0. The van der Waals surface area contributed by atoms with E-state index in [0.29, 0.717) is 37.5 Å². The third kappa shape index (κ3) is 6.13. The highest BCUT2D eigenvalue weighted by Gasteiger charge is 2.22. The first-order chi connectivity index (χ1) is 17.4. The molecule has 1 heterocycles. The lowest BCUT2D eigenvalue weighted by Crippen LogP contribution is -2.32. The number of ether oxygens (including phenoxy) is 2. The molecule has 2 nitrogen and oxygen atoms in total. The SMILES string of the molecule is C/C=C/CCC1COC(CCc2cc(F)c(C#Cc3ccc4c(F)c(F)c(F)cc4c3)c(F)c2)OC1. The highest BCUT2D eigenvalue weighted by Crippen LogP contribution is 2.25. The van der Waals surface area contributed by atoms with E-state index in [-0.39, 0.29) is 16.3 Å². The molecule has 1 saturated heterocycles. The highest BCUT2D eigenvalue weighted by atomic mass is 19.2. The number of rotatable bonds is 6. The summed E-state index contributed by atoms with van der Waals surface area (Å²) in [6.45, 7) is 3.18. The quantitative estimate of drug-likeness (QED) is 0.154. The molecule has 0 amide bonds. The fourth-order valence-corrected chi connectivity index (χ4v) is 4.11. The summed E-state index contributed by atoms with van der Waals surface area (Å²) >= 11 is 0. The van der Waals surface area contributed by atoms with Crippen LogP contribution in [0.2, 0.25) is 0 Å². The summed E-state index contributed by atoms with van der Waals surface area (Å²) in [5, 5.41) is -0.0259. The largest absolute Gasteiger partial charge is 0.352 e. The van der Waals surface area contributed by atoms with Gasteiger partial charge >= 0.3 is 0 Å². The van der Waals surface area contributed by atoms with Crippen LogP contribution in [0.4, 0.5) is 22.0 Å². The molecule has 3 aromatic carbocycles. The Balaban J connectivity index is 1.40. The molecule has 4 rings (SSSR count). The lowest BCUT2D eigenvalue weighted by Gasteiger charge is -2.29. The van der Waals surface area contributed by atoms with E-state index in [9.17, 15) is 22.0 Å². The number of allylic oxidation sites excluding steroid dienone is 2. The van der Waals surface area contributed by atoms with E-state index in [4.69, 9.17) is 9.47 Å². The summed E-state index contributed by atoms with van der Waals surface area (Å²) in [6.07, 6.45) is 6.51. The molecule has 0 radical (unpaired) electrons. The van der Waals surface area contributed by atoms with Crippen LogP contribution in [-0.2, 0) is 15.9 Å². The zero-order valence-electron chi connectivity index (χ0n) is 19.7. The zero-order valence-corrected chi connectivity index (χ0v) is 19.7. The first-order valence-corrected chi connectivity index (χ1v) is 11.8. The second kappa shape index (κ2) is 11.7. The van der Waals surface area contributed by atoms with Gasteiger partial charge in [-0.2, -0.15) is 0 Å². The Bertz CT molecular complexity index is 1310. The Labute approximate surface area is 206 Å². The van der Waals surface area contributed by atoms with Crippen molar-refractivity contribution in [1.82, 2.24) is 0 Å². The van der Waals surface area contributed by atoms with Crippen LogP contribution in [0.25, 0.3) is 10.8 Å². The van der Waals surface area contributed by atoms with Gasteiger partial charge in [0.25, 0.3) is 0 Å². The molecule has 0 aromatic heterocycles. The van der Waals surface area contributed by atoms with Crippen molar-refractivity contribution < 1.29 is 31.4 Å². The van der Waals surface area contributed by atoms with Gasteiger partial charge in [0.15, 0.2) is 23.7 Å². The number of hydrogen-bond acceptors (Lipinski definition) is 2. The molecular weight excluding hydrogens is 475 g/mol. The van der Waals surface area contributed by atoms with Crippen molar-refractivity contribution in [1.29, 1.82) is 0 Å². The molecule has 0 N–H and O–H groups in total. The van der Waals surface area contributed by atoms with Gasteiger partial charge < -0.3 is 9.47 Å². The molecular formula is C29H25F5O2. The van der Waals surface area contributed by atoms with Crippen molar-refractivity contribution in [2.24, 2.45) is 5.92 Å². The first kappa shape index (κ1) is 25.9. The second-order valence-corrected chi connectivity index (χ2v) is 8.75. The minimum absolute atomic E-state index is 0.0887. The van der Waals surface area contributed by atoms with Crippen LogP contribution in [0, 0.1) is 46.8 Å². The minimum atomic E-state index is -1.56. The molecule has 0 aliphatic carbocycles. The molecule has 0 spiro atoms. The molecule has 0 saturated carbocycles. The van der Waals surface area contributed by atoms with Gasteiger partial charge in [-0.1, -0.05) is 30.1 Å². The van der Waals surface area contributed by atoms with Gasteiger partial charge in [0.2, 0.25) is 0 Å². The van der Waals surface area contributed by atoms with Crippen LogP contribution >= 0.6 is 0 Å². The van der Waals surface area contributed by atoms with Crippen molar-refractivity contribution in [3.05, 3.63) is 94.3 Å². The molecule has 188 valence electrons. The number of aryl methyl sites for hydroxylation is 1. The second-order valence-electron chi connectivity index (χ2n) is 8.75. The number of halogens is 5. The van der Waals surface area contributed by atoms with Crippen LogP contribution in [0.15, 0.2) is 48.6 Å². The van der Waals surface area contributed by atoms with Crippen molar-refractivity contribution >= 4 is 10.8 Å². The number of benzene rings is 3. The maximum Gasteiger partial charge on any atom is 0.195 e. The maximum absolute atomic E-state index is 14.6. The van der Waals surface area contributed by atoms with Crippen molar-refractivity contribution in [2.75, 3.05) is 13.2 Å². The molecule has 7 heteroatoms. The molecule has 36 heavy (non-hydrogen) atoms. The molecule has 1 fully saturated rings. The summed E-state index contributed by atoms with van der Waals surface area (Å²) in [6, 6.07) is 7.24. The summed E-state index contributed by atoms with van der Waals surface area (Å²) in [5.74, 6) is -0.427. The summed E-state index contributed by atoms with van der Waals surface area (Å²) in [7, 11) is 0. The average molecular weight is 501 g/mol. The van der Waals surface area contributed by atoms with Crippen molar-refractivity contribution in [3.8, 4) is 11.8 Å². The Kier molecular flexibility index (Phi) is 8.40. The Hall–Kier alpha value is -3.21. The van der Waals surface area contributed by atoms with E-state index in [2.05, 4.69) is 17.9 Å². The molecule has 1 aliphatic heterocycles. The third-order valence-electron chi connectivity index (χ3n) is 6.09. The van der Waals surface area contributed by atoms with E-state index in [1.807, 2.05) is 13.0 Å². The van der Waals surface area contributed by atoms with Gasteiger partial charge in [-0.25, -0.2) is 22.0 Å². The van der Waals surface area contributed by atoms with Gasteiger partial charge in [0, 0.05) is 23.3 Å². The van der Waals surface area contributed by atoms with Crippen molar-refractivity contribution in [2.45, 2.75) is 38.9 Å². The fourth-order valence-electron chi connectivity index (χ4n) is 4.11. The Morgan fingerprint density at radius 2 is 1.58 bits per heavy atom. The van der Waals surface area contributed by atoms with Gasteiger partial charge in [-0.05, 0) is 67.5 Å². The predicted octanol–water partition coefficient (Wildman–Crippen LogP) is 7.21. The summed E-state index contributed by atoms with van der Waals surface area (Å²) in [4.78, 5) is 0. The van der Waals surface area contributed by atoms with Gasteiger partial charge in [-0.3, -0.25) is 0 Å². The van der Waals surface area contributed by atoms with Crippen LogP contribution in [-0.4, -0.2) is 19.5 Å². The fraction of sp³-hybridized carbons (Fsp3) is 0.310. The molecule has 0 atom stereocenters. The van der Waals surface area contributed by atoms with Gasteiger partial charge in [0.1, 0.15) is 11.6 Å². The lowest BCUT2D eigenvalue weighted by molar-refractivity contribution is -0.203. The Morgan fingerprint density at radius 1 is 0.861 bits per heavy atom. The Morgan fingerprint density at radius 3 is 2.28 bits per heavy atom. The van der Waals surface area contributed by atoms with Crippen LogP contribution < -0.4 is 0 Å². The average Bonchev–Trinajstić information content (AvgIpc) is 2.86. The maximum atomic E-state index is 14.6. The summed E-state index contributed by atoms with van der Waals surface area (Å²) in [5.41, 5.74) is 0.312. The molecule has 1 aliphatic rings. The number of fused-ring (bicyclic) bond motifs is 1. The molecule has 0 unspecified atom stereocenters. The van der Waals surface area contributed by atoms with E-state index < -0.39 is 40.9 Å². The topological polar surface area (TPSA) is 18.5 Å². The van der Waals surface area contributed by atoms with E-state index >= 15 is 0 Å². The van der Waals surface area contributed by atoms with E-state index in [1.165, 1.54) is 30.3 Å². The molecule has 3 aromatic rings. The van der Waals surface area contributed by atoms with E-state index in [1.54, 1.807) is 0 Å². The van der Waals surface area contributed by atoms with Crippen LogP contribution in [0.1, 0.15) is 42.9 Å². The van der Waals surface area contributed by atoms with Gasteiger partial charge in [0.05, 0.1) is 18.8 Å². The lowest BCUT2D eigenvalue weighted by atomic mass is 10.0. The monoisotopic (exact) mass is 500 g/mol. The normalized spacial score (nSPS) is 17.9. The van der Waals surface area contributed by atoms with Crippen LogP contribution in [0.3, 0.4) is 0 Å². The standard InChI is InChI=1S/C29H25F5O2/c1-2-3-4-5-20-16-35-27(36-17-20)11-8-19-13-24(30)23(25(31)14-19)10-7-18-6-9-22-21(12-18)15-26(32)29(34)28(22)33/h2-3,6,9,12-15,20,27H,4-5,8,11,16-17H2,1H3/b3-2+. The highest BCUT2D eigenvalue weighted by molar-refractivity contribution is 5.84. The van der Waals surface area contributed by atoms with Crippen molar-refractivity contribution in [3.63, 3.8) is 0 Å². The predicted molar refractivity (Wildman–Crippen MR) is 128 cm³/mol. The smallest absolute Gasteiger partial charge is 0.195 e. The van der Waals surface area contributed by atoms with Gasteiger partial charge in [-0.15, -0.1) is 0 Å². The third-order valence-corrected chi connectivity index (χ3v) is 6.09. The molecule has 0 bridgehead atoms. The minimum Gasteiger partial charge on any atom is -0.352 e. The summed E-state index contributed by atoms with van der Waals surface area (Å²) < 4.78 is 81.5. The zero-order chi connectivity index (χ0) is 25.7. The first-order valence-electron chi connectivity index (χ1n) is 11.8.